The van der Waals surface area contributed by atoms with Crippen LogP contribution in [0.15, 0.2) is 55.6 Å². The third kappa shape index (κ3) is 4.94. The minimum absolute atomic E-state index is 0.432. The summed E-state index contributed by atoms with van der Waals surface area (Å²) in [5.74, 6) is 0.432. The van der Waals surface area contributed by atoms with Gasteiger partial charge in [-0.3, -0.25) is 0 Å². The van der Waals surface area contributed by atoms with Crippen molar-refractivity contribution in [2.24, 2.45) is 5.92 Å². The summed E-state index contributed by atoms with van der Waals surface area (Å²) in [6.45, 7) is 8.97. The van der Waals surface area contributed by atoms with E-state index < -0.39 is 0 Å². The third-order valence-corrected chi connectivity index (χ3v) is 2.52. The highest BCUT2D eigenvalue weighted by atomic mass is 16.5. The quantitative estimate of drug-likeness (QED) is 0.597. The average Bonchev–Trinajstić information content (AvgIpc) is 2.35. The highest BCUT2D eigenvalue weighted by Gasteiger charge is 2.03. The van der Waals surface area contributed by atoms with Crippen LogP contribution >= 0.6 is 0 Å². The molecule has 1 aromatic rings. The summed E-state index contributed by atoms with van der Waals surface area (Å²) in [5.41, 5.74) is 1.22. The molecule has 0 saturated heterocycles. The molecule has 0 amide bonds. The molecule has 0 spiro atoms. The van der Waals surface area contributed by atoms with E-state index in [4.69, 9.17) is 4.74 Å². The normalized spacial score (nSPS) is 12.0. The third-order valence-electron chi connectivity index (χ3n) is 2.52. The molecule has 16 heavy (non-hydrogen) atoms. The van der Waals surface area contributed by atoms with Crippen molar-refractivity contribution in [3.63, 3.8) is 0 Å². The molecule has 0 fully saturated rings. The number of hydrogen-bond acceptors (Lipinski definition) is 1. The summed E-state index contributed by atoms with van der Waals surface area (Å²) in [4.78, 5) is 0. The van der Waals surface area contributed by atoms with E-state index in [1.807, 2.05) is 30.4 Å². The zero-order valence-electron chi connectivity index (χ0n) is 9.77. The average molecular weight is 216 g/mol. The summed E-state index contributed by atoms with van der Waals surface area (Å²) in [7, 11) is 0. The zero-order valence-corrected chi connectivity index (χ0v) is 9.77. The Bertz CT molecular complexity index is 302. The molecule has 1 rings (SSSR count). The van der Waals surface area contributed by atoms with Gasteiger partial charge in [0.15, 0.2) is 0 Å². The lowest BCUT2D eigenvalue weighted by molar-refractivity contribution is 0.0976. The first-order valence-electron chi connectivity index (χ1n) is 5.72. The lowest BCUT2D eigenvalue weighted by atomic mass is 10.0. The van der Waals surface area contributed by atoms with Gasteiger partial charge in [0.1, 0.15) is 0 Å². The van der Waals surface area contributed by atoms with Crippen LogP contribution in [0.4, 0.5) is 0 Å². The van der Waals surface area contributed by atoms with Gasteiger partial charge in [-0.05, 0) is 18.4 Å². The molecule has 1 heteroatoms. The van der Waals surface area contributed by atoms with Gasteiger partial charge >= 0.3 is 0 Å². The molecule has 1 atom stereocenters. The summed E-state index contributed by atoms with van der Waals surface area (Å²) < 4.78 is 5.66. The van der Waals surface area contributed by atoms with Gasteiger partial charge < -0.3 is 4.74 Å². The molecule has 0 radical (unpaired) electrons. The molecule has 1 aromatic carbocycles. The van der Waals surface area contributed by atoms with Crippen LogP contribution < -0.4 is 0 Å². The lowest BCUT2D eigenvalue weighted by Gasteiger charge is -2.11. The van der Waals surface area contributed by atoms with Gasteiger partial charge in [-0.15, -0.1) is 13.2 Å². The van der Waals surface area contributed by atoms with Gasteiger partial charge in [0, 0.05) is 5.92 Å². The topological polar surface area (TPSA) is 9.23 Å². The van der Waals surface area contributed by atoms with Crippen molar-refractivity contribution in [3.8, 4) is 0 Å². The highest BCUT2D eigenvalue weighted by Crippen LogP contribution is 2.10. The SMILES string of the molecule is C=CCC[C@H](C=C)COCc1ccccc1. The predicted molar refractivity (Wildman–Crippen MR) is 69.2 cm³/mol. The first-order chi connectivity index (χ1) is 7.86. The summed E-state index contributed by atoms with van der Waals surface area (Å²) in [5, 5.41) is 0. The van der Waals surface area contributed by atoms with Crippen molar-refractivity contribution in [2.45, 2.75) is 19.4 Å². The van der Waals surface area contributed by atoms with Crippen molar-refractivity contribution < 1.29 is 4.74 Å². The second-order valence-electron chi connectivity index (χ2n) is 3.86. The Hall–Kier alpha value is -1.34. The van der Waals surface area contributed by atoms with Crippen LogP contribution in [0.1, 0.15) is 18.4 Å². The van der Waals surface area contributed by atoms with Crippen LogP contribution in [-0.2, 0) is 11.3 Å². The van der Waals surface area contributed by atoms with Crippen LogP contribution in [0, 0.1) is 5.92 Å². The van der Waals surface area contributed by atoms with Crippen LogP contribution in [0.5, 0.6) is 0 Å². The summed E-state index contributed by atoms with van der Waals surface area (Å²) >= 11 is 0. The van der Waals surface area contributed by atoms with Crippen LogP contribution in [0.2, 0.25) is 0 Å². The Morgan fingerprint density at radius 3 is 2.56 bits per heavy atom. The largest absolute Gasteiger partial charge is 0.376 e. The molecule has 0 saturated carbocycles. The molecule has 86 valence electrons. The number of benzene rings is 1. The summed E-state index contributed by atoms with van der Waals surface area (Å²) in [6.07, 6.45) is 6.00. The molecule has 0 heterocycles. The molecular formula is C15H20O. The molecule has 0 aromatic heterocycles. The smallest absolute Gasteiger partial charge is 0.0717 e. The predicted octanol–water partition coefficient (Wildman–Crippen LogP) is 3.97. The minimum atomic E-state index is 0.432. The fourth-order valence-electron chi connectivity index (χ4n) is 1.50. The summed E-state index contributed by atoms with van der Waals surface area (Å²) in [6, 6.07) is 10.2. The Morgan fingerprint density at radius 2 is 1.94 bits per heavy atom. The van der Waals surface area contributed by atoms with Crippen molar-refractivity contribution in [2.75, 3.05) is 6.61 Å². The minimum Gasteiger partial charge on any atom is -0.376 e. The first-order valence-corrected chi connectivity index (χ1v) is 5.72. The van der Waals surface area contributed by atoms with Crippen molar-refractivity contribution >= 4 is 0 Å². The van der Waals surface area contributed by atoms with E-state index >= 15 is 0 Å². The maximum atomic E-state index is 5.66. The number of ether oxygens (including phenoxy) is 1. The van der Waals surface area contributed by atoms with E-state index in [1.165, 1.54) is 5.56 Å². The monoisotopic (exact) mass is 216 g/mol. The molecule has 1 nitrogen and oxygen atoms in total. The Balaban J connectivity index is 2.23. The second-order valence-corrected chi connectivity index (χ2v) is 3.86. The maximum absolute atomic E-state index is 5.66. The number of hydrogen-bond donors (Lipinski definition) is 0. The highest BCUT2D eigenvalue weighted by molar-refractivity contribution is 5.13. The zero-order chi connectivity index (χ0) is 11.6. The fourth-order valence-corrected chi connectivity index (χ4v) is 1.50. The fraction of sp³-hybridized carbons (Fsp3) is 0.333. The first kappa shape index (κ1) is 12.7. The van der Waals surface area contributed by atoms with Gasteiger partial charge in [-0.1, -0.05) is 42.5 Å². The van der Waals surface area contributed by atoms with Gasteiger partial charge in [-0.25, -0.2) is 0 Å². The molecular weight excluding hydrogens is 196 g/mol. The van der Waals surface area contributed by atoms with E-state index in [-0.39, 0.29) is 0 Å². The number of allylic oxidation sites excluding steroid dienone is 1. The lowest BCUT2D eigenvalue weighted by Crippen LogP contribution is -2.06. The van der Waals surface area contributed by atoms with Gasteiger partial charge in [0.05, 0.1) is 13.2 Å². The van der Waals surface area contributed by atoms with E-state index in [0.29, 0.717) is 12.5 Å². The standard InChI is InChI=1S/C15H20O/c1-3-5-9-14(4-2)12-16-13-15-10-7-6-8-11-15/h3-4,6-8,10-11,14H,1-2,5,9,12-13H2/t14-/m0/s1. The molecule has 0 N–H and O–H groups in total. The van der Waals surface area contributed by atoms with Crippen molar-refractivity contribution in [3.05, 3.63) is 61.2 Å². The van der Waals surface area contributed by atoms with E-state index in [9.17, 15) is 0 Å². The van der Waals surface area contributed by atoms with Gasteiger partial charge in [-0.2, -0.15) is 0 Å². The Labute approximate surface area is 98.5 Å². The maximum Gasteiger partial charge on any atom is 0.0717 e. The molecule has 0 bridgehead atoms. The molecule has 0 aliphatic heterocycles. The molecule has 0 aliphatic rings. The number of rotatable bonds is 8. The van der Waals surface area contributed by atoms with E-state index in [0.717, 1.165) is 19.4 Å². The molecule has 0 unspecified atom stereocenters. The molecule has 0 aliphatic carbocycles. The Morgan fingerprint density at radius 1 is 1.19 bits per heavy atom. The van der Waals surface area contributed by atoms with Gasteiger partial charge in [0.2, 0.25) is 0 Å². The van der Waals surface area contributed by atoms with Crippen LogP contribution in [-0.4, -0.2) is 6.61 Å². The van der Waals surface area contributed by atoms with Crippen molar-refractivity contribution in [1.82, 2.24) is 0 Å². The van der Waals surface area contributed by atoms with E-state index in [1.54, 1.807) is 0 Å². The van der Waals surface area contributed by atoms with Crippen molar-refractivity contribution in [1.29, 1.82) is 0 Å². The van der Waals surface area contributed by atoms with Crippen LogP contribution in [0.25, 0.3) is 0 Å². The van der Waals surface area contributed by atoms with Gasteiger partial charge in [0.25, 0.3) is 0 Å². The van der Waals surface area contributed by atoms with E-state index in [2.05, 4.69) is 25.3 Å². The van der Waals surface area contributed by atoms with Crippen LogP contribution in [0.3, 0.4) is 0 Å². The second kappa shape index (κ2) is 7.89. The Kier molecular flexibility index (Phi) is 6.28.